The summed E-state index contributed by atoms with van der Waals surface area (Å²) in [5, 5.41) is 3.17. The highest BCUT2D eigenvalue weighted by atomic mass is 32.1. The molecule has 18 heavy (non-hydrogen) atoms. The molecule has 0 spiro atoms. The third-order valence-corrected chi connectivity index (χ3v) is 4.55. The van der Waals surface area contributed by atoms with Crippen molar-refractivity contribution in [1.29, 1.82) is 0 Å². The minimum absolute atomic E-state index is 0.556. The first kappa shape index (κ1) is 13.9. The fourth-order valence-corrected chi connectivity index (χ4v) is 3.40. The van der Waals surface area contributed by atoms with Gasteiger partial charge in [-0.1, -0.05) is 6.92 Å². The molecule has 1 saturated heterocycles. The van der Waals surface area contributed by atoms with Crippen LogP contribution in [0.5, 0.6) is 0 Å². The zero-order valence-corrected chi connectivity index (χ0v) is 12.2. The van der Waals surface area contributed by atoms with Gasteiger partial charge in [0.1, 0.15) is 5.01 Å². The lowest BCUT2D eigenvalue weighted by molar-refractivity contribution is 0.194. The molecule has 0 bridgehead atoms. The summed E-state index contributed by atoms with van der Waals surface area (Å²) in [6.07, 6.45) is 2.68. The van der Waals surface area contributed by atoms with Crippen molar-refractivity contribution >= 4 is 11.3 Å². The Morgan fingerprint density at radius 1 is 1.61 bits per heavy atom. The average Bonchev–Trinajstić information content (AvgIpc) is 2.97. The zero-order valence-electron chi connectivity index (χ0n) is 11.4. The van der Waals surface area contributed by atoms with E-state index >= 15 is 0 Å². The average molecular weight is 268 g/mol. The van der Waals surface area contributed by atoms with Gasteiger partial charge in [-0.2, -0.15) is 0 Å². The molecular formula is C13H24N4S. The first-order valence-corrected chi connectivity index (χ1v) is 7.66. The monoisotopic (exact) mass is 268 g/mol. The molecule has 1 unspecified atom stereocenters. The van der Waals surface area contributed by atoms with E-state index in [9.17, 15) is 0 Å². The van der Waals surface area contributed by atoms with Crippen LogP contribution in [-0.2, 0) is 13.1 Å². The van der Waals surface area contributed by atoms with Crippen LogP contribution < -0.4 is 5.73 Å². The molecule has 2 N–H and O–H groups in total. The first-order valence-electron chi connectivity index (χ1n) is 6.78. The number of nitrogens with two attached hydrogens (primary N) is 1. The summed E-state index contributed by atoms with van der Waals surface area (Å²) in [7, 11) is 2.19. The fraction of sp³-hybridized carbons (Fsp3) is 0.769. The number of rotatable bonds is 6. The summed E-state index contributed by atoms with van der Waals surface area (Å²) in [4.78, 5) is 9.49. The molecule has 5 heteroatoms. The predicted octanol–water partition coefficient (Wildman–Crippen LogP) is 1.52. The second kappa shape index (κ2) is 6.61. The number of hydrogen-bond donors (Lipinski definition) is 1. The Morgan fingerprint density at radius 2 is 2.44 bits per heavy atom. The van der Waals surface area contributed by atoms with Crippen LogP contribution in [-0.4, -0.2) is 47.5 Å². The smallest absolute Gasteiger partial charge is 0.106 e. The van der Waals surface area contributed by atoms with E-state index in [0.717, 1.165) is 29.8 Å². The number of thiazole rings is 1. The molecule has 0 aromatic carbocycles. The molecule has 2 heterocycles. The lowest BCUT2D eigenvalue weighted by Crippen LogP contribution is -2.38. The number of likely N-dealkylation sites (N-methyl/N-ethyl adjacent to an activating group) is 2. The van der Waals surface area contributed by atoms with Gasteiger partial charge in [-0.3, -0.25) is 9.80 Å². The summed E-state index contributed by atoms with van der Waals surface area (Å²) in [6.45, 7) is 7.33. The maximum Gasteiger partial charge on any atom is 0.106 e. The molecule has 1 aromatic heterocycles. The van der Waals surface area contributed by atoms with E-state index in [1.165, 1.54) is 25.9 Å². The highest BCUT2D eigenvalue weighted by Crippen LogP contribution is 2.18. The maximum atomic E-state index is 5.59. The molecule has 102 valence electrons. The van der Waals surface area contributed by atoms with Crippen molar-refractivity contribution in [2.75, 3.05) is 26.7 Å². The highest BCUT2D eigenvalue weighted by Gasteiger charge is 2.24. The molecule has 0 saturated carbocycles. The summed E-state index contributed by atoms with van der Waals surface area (Å²) >= 11 is 1.67. The van der Waals surface area contributed by atoms with E-state index in [4.69, 9.17) is 5.73 Å². The fourth-order valence-electron chi connectivity index (χ4n) is 2.73. The van der Waals surface area contributed by atoms with E-state index in [1.807, 2.05) is 0 Å². The molecule has 0 radical (unpaired) electrons. The molecule has 1 aliphatic rings. The third-order valence-electron chi connectivity index (χ3n) is 3.63. The summed E-state index contributed by atoms with van der Waals surface area (Å²) in [5.41, 5.74) is 6.75. The number of nitrogens with zero attached hydrogens (tertiary/aromatic N) is 3. The van der Waals surface area contributed by atoms with E-state index < -0.39 is 0 Å². The molecule has 1 atom stereocenters. The first-order chi connectivity index (χ1) is 8.72. The van der Waals surface area contributed by atoms with Crippen LogP contribution in [0.1, 0.15) is 30.5 Å². The minimum Gasteiger partial charge on any atom is -0.325 e. The van der Waals surface area contributed by atoms with E-state index in [2.05, 4.69) is 34.1 Å². The largest absolute Gasteiger partial charge is 0.325 e. The van der Waals surface area contributed by atoms with Gasteiger partial charge in [-0.15, -0.1) is 11.3 Å². The van der Waals surface area contributed by atoms with Crippen molar-refractivity contribution in [1.82, 2.24) is 14.8 Å². The van der Waals surface area contributed by atoms with Gasteiger partial charge in [0.2, 0.25) is 0 Å². The topological polar surface area (TPSA) is 45.4 Å². The Kier molecular flexibility index (Phi) is 5.12. The molecule has 0 amide bonds. The summed E-state index contributed by atoms with van der Waals surface area (Å²) in [6, 6.07) is 0.729. The quantitative estimate of drug-likeness (QED) is 0.849. The second-order valence-corrected chi connectivity index (χ2v) is 6.00. The Balaban J connectivity index is 1.82. The molecule has 4 nitrogen and oxygen atoms in total. The van der Waals surface area contributed by atoms with Crippen LogP contribution in [0, 0.1) is 0 Å². The summed E-state index contributed by atoms with van der Waals surface area (Å²) < 4.78 is 0. The van der Waals surface area contributed by atoms with Crippen LogP contribution in [0.25, 0.3) is 0 Å². The number of likely N-dealkylation sites (tertiary alicyclic amines) is 1. The van der Waals surface area contributed by atoms with E-state index in [-0.39, 0.29) is 0 Å². The van der Waals surface area contributed by atoms with Gasteiger partial charge in [0.15, 0.2) is 0 Å². The third kappa shape index (κ3) is 3.51. The predicted molar refractivity (Wildman–Crippen MR) is 76.6 cm³/mol. The van der Waals surface area contributed by atoms with E-state index in [1.54, 1.807) is 11.3 Å². The lowest BCUT2D eigenvalue weighted by Gasteiger charge is -2.27. The van der Waals surface area contributed by atoms with Crippen molar-refractivity contribution in [2.45, 2.75) is 38.9 Å². The minimum atomic E-state index is 0.556. The second-order valence-electron chi connectivity index (χ2n) is 5.06. The Morgan fingerprint density at radius 3 is 3.11 bits per heavy atom. The van der Waals surface area contributed by atoms with Crippen molar-refractivity contribution in [2.24, 2.45) is 5.73 Å². The van der Waals surface area contributed by atoms with Gasteiger partial charge in [0, 0.05) is 31.1 Å². The van der Waals surface area contributed by atoms with Gasteiger partial charge in [0.05, 0.1) is 5.69 Å². The van der Waals surface area contributed by atoms with Crippen LogP contribution >= 0.6 is 11.3 Å². The van der Waals surface area contributed by atoms with Crippen molar-refractivity contribution in [3.8, 4) is 0 Å². The normalized spacial score (nSPS) is 21.0. The lowest BCUT2D eigenvalue weighted by atomic mass is 10.2. The van der Waals surface area contributed by atoms with Crippen LogP contribution in [0.15, 0.2) is 5.38 Å². The molecule has 1 aliphatic heterocycles. The Labute approximate surface area is 114 Å². The maximum absolute atomic E-state index is 5.59. The van der Waals surface area contributed by atoms with Crippen LogP contribution in [0.4, 0.5) is 0 Å². The van der Waals surface area contributed by atoms with Crippen molar-refractivity contribution in [3.05, 3.63) is 16.1 Å². The zero-order chi connectivity index (χ0) is 13.0. The molecular weight excluding hydrogens is 244 g/mol. The number of aromatic nitrogens is 1. The SMILES string of the molecule is CCN1CCCC1CN(C)Cc1csc(CN)n1. The molecule has 0 aliphatic carbocycles. The van der Waals surface area contributed by atoms with Crippen LogP contribution in [0.2, 0.25) is 0 Å². The van der Waals surface area contributed by atoms with Gasteiger partial charge in [-0.25, -0.2) is 4.98 Å². The standard InChI is InChI=1S/C13H24N4S/c1-3-17-6-4-5-12(17)9-16(2)8-11-10-18-13(7-14)15-11/h10,12H,3-9,14H2,1-2H3. The molecule has 1 fully saturated rings. The Hall–Kier alpha value is -0.490. The summed E-state index contributed by atoms with van der Waals surface area (Å²) in [5.74, 6) is 0. The van der Waals surface area contributed by atoms with E-state index in [0.29, 0.717) is 6.54 Å². The van der Waals surface area contributed by atoms with Gasteiger partial charge >= 0.3 is 0 Å². The van der Waals surface area contributed by atoms with Crippen molar-refractivity contribution in [3.63, 3.8) is 0 Å². The number of hydrogen-bond acceptors (Lipinski definition) is 5. The molecule has 1 aromatic rings. The Bertz CT molecular complexity index is 366. The van der Waals surface area contributed by atoms with Crippen molar-refractivity contribution < 1.29 is 0 Å². The molecule has 2 rings (SSSR count). The van der Waals surface area contributed by atoms with Gasteiger partial charge in [0.25, 0.3) is 0 Å². The van der Waals surface area contributed by atoms with Crippen LogP contribution in [0.3, 0.4) is 0 Å². The van der Waals surface area contributed by atoms with Gasteiger partial charge < -0.3 is 5.73 Å². The highest BCUT2D eigenvalue weighted by molar-refractivity contribution is 7.09. The van der Waals surface area contributed by atoms with Gasteiger partial charge in [-0.05, 0) is 33.0 Å².